The lowest BCUT2D eigenvalue weighted by Gasteiger charge is -2.33. The van der Waals surface area contributed by atoms with Crippen molar-refractivity contribution in [3.05, 3.63) is 0 Å². The van der Waals surface area contributed by atoms with Gasteiger partial charge in [-0.3, -0.25) is 4.90 Å². The summed E-state index contributed by atoms with van der Waals surface area (Å²) in [6.07, 6.45) is 9.09. The van der Waals surface area contributed by atoms with Gasteiger partial charge in [0.2, 0.25) is 0 Å². The van der Waals surface area contributed by atoms with E-state index in [1.807, 2.05) is 0 Å². The first kappa shape index (κ1) is 9.05. The van der Waals surface area contributed by atoms with Crippen molar-refractivity contribution in [3.8, 4) is 12.3 Å². The zero-order chi connectivity index (χ0) is 9.15. The molecule has 0 bridgehead atoms. The first-order valence-corrected chi connectivity index (χ1v) is 5.08. The SMILES string of the molecule is C#CCN1CCC2(CCOCC2)C1. The van der Waals surface area contributed by atoms with Gasteiger partial charge in [-0.1, -0.05) is 5.92 Å². The van der Waals surface area contributed by atoms with Gasteiger partial charge >= 0.3 is 0 Å². The number of nitrogens with zero attached hydrogens (tertiary/aromatic N) is 1. The Hall–Kier alpha value is -0.520. The van der Waals surface area contributed by atoms with Gasteiger partial charge in [0.25, 0.3) is 0 Å². The first-order valence-electron chi connectivity index (χ1n) is 5.08. The smallest absolute Gasteiger partial charge is 0.0599 e. The average molecular weight is 179 g/mol. The largest absolute Gasteiger partial charge is 0.381 e. The maximum atomic E-state index is 5.39. The molecule has 0 atom stereocenters. The molecule has 0 aliphatic carbocycles. The quantitative estimate of drug-likeness (QED) is 0.559. The number of rotatable bonds is 1. The van der Waals surface area contributed by atoms with Gasteiger partial charge in [-0.25, -0.2) is 0 Å². The molecular formula is C11H17NO. The Kier molecular flexibility index (Phi) is 2.57. The lowest BCUT2D eigenvalue weighted by atomic mass is 9.80. The second-order valence-electron chi connectivity index (χ2n) is 4.28. The zero-order valence-electron chi connectivity index (χ0n) is 8.09. The Balaban J connectivity index is 1.91. The predicted octanol–water partition coefficient (Wildman–Crippen LogP) is 1.12. The minimum Gasteiger partial charge on any atom is -0.381 e. The molecule has 0 N–H and O–H groups in total. The van der Waals surface area contributed by atoms with E-state index in [2.05, 4.69) is 10.8 Å². The molecule has 0 saturated carbocycles. The summed E-state index contributed by atoms with van der Waals surface area (Å²) in [6.45, 7) is 5.10. The molecule has 2 saturated heterocycles. The van der Waals surface area contributed by atoms with Crippen molar-refractivity contribution in [2.45, 2.75) is 19.3 Å². The summed E-state index contributed by atoms with van der Waals surface area (Å²) in [4.78, 5) is 2.39. The average Bonchev–Trinajstić information content (AvgIpc) is 2.51. The van der Waals surface area contributed by atoms with E-state index in [1.54, 1.807) is 0 Å². The Morgan fingerprint density at radius 1 is 1.31 bits per heavy atom. The van der Waals surface area contributed by atoms with Gasteiger partial charge in [-0.15, -0.1) is 6.42 Å². The van der Waals surface area contributed by atoms with Crippen LogP contribution in [0.2, 0.25) is 0 Å². The molecular weight excluding hydrogens is 162 g/mol. The molecule has 2 fully saturated rings. The summed E-state index contributed by atoms with van der Waals surface area (Å²) in [5.74, 6) is 2.73. The topological polar surface area (TPSA) is 12.5 Å². The van der Waals surface area contributed by atoms with Gasteiger partial charge in [-0.2, -0.15) is 0 Å². The predicted molar refractivity (Wildman–Crippen MR) is 52.4 cm³/mol. The van der Waals surface area contributed by atoms with Crippen LogP contribution in [0.1, 0.15) is 19.3 Å². The molecule has 0 unspecified atom stereocenters. The van der Waals surface area contributed by atoms with Crippen LogP contribution < -0.4 is 0 Å². The Labute approximate surface area is 80.2 Å². The van der Waals surface area contributed by atoms with Crippen molar-refractivity contribution in [1.29, 1.82) is 0 Å². The van der Waals surface area contributed by atoms with Crippen LogP contribution >= 0.6 is 0 Å². The van der Waals surface area contributed by atoms with Crippen molar-refractivity contribution in [3.63, 3.8) is 0 Å². The van der Waals surface area contributed by atoms with E-state index in [4.69, 9.17) is 11.2 Å². The third-order valence-corrected chi connectivity index (χ3v) is 3.39. The number of hydrogen-bond acceptors (Lipinski definition) is 2. The lowest BCUT2D eigenvalue weighted by Crippen LogP contribution is -2.33. The summed E-state index contributed by atoms with van der Waals surface area (Å²) < 4.78 is 5.39. The summed E-state index contributed by atoms with van der Waals surface area (Å²) in [6, 6.07) is 0. The van der Waals surface area contributed by atoms with Crippen LogP contribution in [0, 0.1) is 17.8 Å². The van der Waals surface area contributed by atoms with Crippen LogP contribution in [0.4, 0.5) is 0 Å². The first-order chi connectivity index (χ1) is 6.35. The van der Waals surface area contributed by atoms with Crippen LogP contribution in [0.25, 0.3) is 0 Å². The van der Waals surface area contributed by atoms with Gasteiger partial charge in [0.15, 0.2) is 0 Å². The van der Waals surface area contributed by atoms with Gasteiger partial charge in [0.1, 0.15) is 0 Å². The molecule has 0 radical (unpaired) electrons. The van der Waals surface area contributed by atoms with Gasteiger partial charge in [0.05, 0.1) is 6.54 Å². The highest BCUT2D eigenvalue weighted by Crippen LogP contribution is 2.39. The van der Waals surface area contributed by atoms with Crippen molar-refractivity contribution < 1.29 is 4.74 Å². The summed E-state index contributed by atoms with van der Waals surface area (Å²) >= 11 is 0. The van der Waals surface area contributed by atoms with Gasteiger partial charge in [0, 0.05) is 19.8 Å². The van der Waals surface area contributed by atoms with E-state index < -0.39 is 0 Å². The molecule has 2 heterocycles. The fourth-order valence-corrected chi connectivity index (χ4v) is 2.50. The maximum Gasteiger partial charge on any atom is 0.0599 e. The molecule has 0 aromatic heterocycles. The normalized spacial score (nSPS) is 27.6. The van der Waals surface area contributed by atoms with E-state index in [9.17, 15) is 0 Å². The Bertz CT molecular complexity index is 213. The van der Waals surface area contributed by atoms with Crippen LogP contribution in [0.5, 0.6) is 0 Å². The summed E-state index contributed by atoms with van der Waals surface area (Å²) in [5.41, 5.74) is 0.551. The van der Waals surface area contributed by atoms with Crippen LogP contribution in [0.3, 0.4) is 0 Å². The molecule has 72 valence electrons. The highest BCUT2D eigenvalue weighted by molar-refractivity contribution is 4.96. The molecule has 2 rings (SSSR count). The summed E-state index contributed by atoms with van der Waals surface area (Å²) in [7, 11) is 0. The van der Waals surface area contributed by atoms with Crippen LogP contribution in [-0.2, 0) is 4.74 Å². The zero-order valence-corrected chi connectivity index (χ0v) is 8.09. The molecule has 2 nitrogen and oxygen atoms in total. The minimum atomic E-state index is 0.551. The lowest BCUT2D eigenvalue weighted by molar-refractivity contribution is 0.0200. The van der Waals surface area contributed by atoms with E-state index >= 15 is 0 Å². The third-order valence-electron chi connectivity index (χ3n) is 3.39. The van der Waals surface area contributed by atoms with Crippen LogP contribution in [0.15, 0.2) is 0 Å². The molecule has 0 aromatic rings. The van der Waals surface area contributed by atoms with Crippen molar-refractivity contribution in [1.82, 2.24) is 4.90 Å². The van der Waals surface area contributed by atoms with Crippen molar-refractivity contribution in [2.75, 3.05) is 32.8 Å². The second kappa shape index (κ2) is 3.69. The van der Waals surface area contributed by atoms with E-state index in [0.29, 0.717) is 5.41 Å². The fourth-order valence-electron chi connectivity index (χ4n) is 2.50. The number of ether oxygens (including phenoxy) is 1. The molecule has 0 aromatic carbocycles. The van der Waals surface area contributed by atoms with E-state index in [-0.39, 0.29) is 0 Å². The Morgan fingerprint density at radius 2 is 2.08 bits per heavy atom. The minimum absolute atomic E-state index is 0.551. The fraction of sp³-hybridized carbons (Fsp3) is 0.818. The van der Waals surface area contributed by atoms with Crippen molar-refractivity contribution in [2.24, 2.45) is 5.41 Å². The number of terminal acetylenes is 1. The second-order valence-corrected chi connectivity index (χ2v) is 4.28. The third kappa shape index (κ3) is 1.87. The summed E-state index contributed by atoms with van der Waals surface area (Å²) in [5, 5.41) is 0. The number of likely N-dealkylation sites (tertiary alicyclic amines) is 1. The maximum absolute atomic E-state index is 5.39. The molecule has 0 amide bonds. The Morgan fingerprint density at radius 3 is 2.77 bits per heavy atom. The molecule has 2 heteroatoms. The van der Waals surface area contributed by atoms with Gasteiger partial charge < -0.3 is 4.74 Å². The molecule has 2 aliphatic heterocycles. The van der Waals surface area contributed by atoms with E-state index in [0.717, 1.165) is 19.8 Å². The highest BCUT2D eigenvalue weighted by atomic mass is 16.5. The highest BCUT2D eigenvalue weighted by Gasteiger charge is 2.38. The molecule has 2 aliphatic rings. The number of hydrogen-bond donors (Lipinski definition) is 0. The van der Waals surface area contributed by atoms with Crippen molar-refractivity contribution >= 4 is 0 Å². The molecule has 13 heavy (non-hydrogen) atoms. The standard InChI is InChI=1S/C11H17NO/c1-2-6-12-7-3-11(10-12)4-8-13-9-5-11/h1H,3-10H2. The van der Waals surface area contributed by atoms with E-state index in [1.165, 1.54) is 32.4 Å². The van der Waals surface area contributed by atoms with Crippen LogP contribution in [-0.4, -0.2) is 37.7 Å². The monoisotopic (exact) mass is 179 g/mol. The molecule has 1 spiro atoms. The van der Waals surface area contributed by atoms with Gasteiger partial charge in [-0.05, 0) is 31.2 Å².